The molecule has 0 aromatic heterocycles. The molecule has 0 bridgehead atoms. The first-order valence-corrected chi connectivity index (χ1v) is 14.0. The first kappa shape index (κ1) is 25.3. The Kier molecular flexibility index (Phi) is 7.68. The summed E-state index contributed by atoms with van der Waals surface area (Å²) < 4.78 is 13.0. The Morgan fingerprint density at radius 2 is 1.75 bits per heavy atom. The number of carbonyl (C=O) groups is 1. The number of carbonyl (C=O) groups excluding carboxylic acids is 1. The van der Waals surface area contributed by atoms with E-state index in [1.165, 1.54) is 36.8 Å². The first-order valence-electron chi connectivity index (χ1n) is 14.0. The highest BCUT2D eigenvalue weighted by Crippen LogP contribution is 2.42. The molecule has 194 valence electrons. The lowest BCUT2D eigenvalue weighted by molar-refractivity contribution is -0.899. The summed E-state index contributed by atoms with van der Waals surface area (Å²) in [7, 11) is 2.24. The minimum absolute atomic E-state index is 0.0737. The highest BCUT2D eigenvalue weighted by Gasteiger charge is 2.49. The van der Waals surface area contributed by atoms with Crippen LogP contribution in [0.2, 0.25) is 0 Å². The summed E-state index contributed by atoms with van der Waals surface area (Å²) in [6.45, 7) is 3.46. The zero-order chi connectivity index (χ0) is 25.0. The number of ether oxygens (including phenoxy) is 2. The van der Waals surface area contributed by atoms with Crippen molar-refractivity contribution in [3.05, 3.63) is 65.2 Å². The van der Waals surface area contributed by atoms with E-state index in [0.29, 0.717) is 12.2 Å². The van der Waals surface area contributed by atoms with E-state index in [-0.39, 0.29) is 12.0 Å². The van der Waals surface area contributed by atoms with E-state index in [1.54, 1.807) is 0 Å². The number of benzene rings is 2. The molecule has 2 aliphatic carbocycles. The molecule has 2 aromatic carbocycles. The molecule has 1 unspecified atom stereocenters. The van der Waals surface area contributed by atoms with Gasteiger partial charge >= 0.3 is 5.97 Å². The molecule has 2 aromatic rings. The number of hydrogen-bond acceptors (Lipinski definition) is 4. The molecule has 0 radical (unpaired) electrons. The van der Waals surface area contributed by atoms with Gasteiger partial charge in [-0.3, -0.25) is 0 Å². The van der Waals surface area contributed by atoms with E-state index in [9.17, 15) is 9.90 Å². The third kappa shape index (κ3) is 5.47. The molecule has 1 saturated carbocycles. The van der Waals surface area contributed by atoms with Crippen molar-refractivity contribution < 1.29 is 23.9 Å². The highest BCUT2D eigenvalue weighted by atomic mass is 16.6. The molecule has 1 heterocycles. The minimum Gasteiger partial charge on any atom is -0.493 e. The molecule has 2 fully saturated rings. The van der Waals surface area contributed by atoms with Crippen LogP contribution in [0.25, 0.3) is 0 Å². The van der Waals surface area contributed by atoms with Gasteiger partial charge < -0.3 is 19.1 Å². The summed E-state index contributed by atoms with van der Waals surface area (Å²) in [6, 6.07) is 16.0. The van der Waals surface area contributed by atoms with Crippen LogP contribution in [0.1, 0.15) is 68.1 Å². The van der Waals surface area contributed by atoms with Crippen LogP contribution in [0, 0.1) is 5.92 Å². The number of likely N-dealkylation sites (tertiary alicyclic amines) is 1. The molecular formula is C31H42NO4+. The highest BCUT2D eigenvalue weighted by molar-refractivity contribution is 5.81. The van der Waals surface area contributed by atoms with E-state index < -0.39 is 11.6 Å². The molecule has 5 heteroatoms. The predicted molar refractivity (Wildman–Crippen MR) is 141 cm³/mol. The van der Waals surface area contributed by atoms with Crippen molar-refractivity contribution in [3.63, 3.8) is 0 Å². The Labute approximate surface area is 216 Å². The molecule has 1 aliphatic heterocycles. The molecule has 36 heavy (non-hydrogen) atoms. The van der Waals surface area contributed by atoms with Crippen molar-refractivity contribution >= 4 is 5.97 Å². The van der Waals surface area contributed by atoms with Gasteiger partial charge in [0.05, 0.1) is 26.7 Å². The van der Waals surface area contributed by atoms with Gasteiger partial charge in [-0.1, -0.05) is 49.2 Å². The maximum absolute atomic E-state index is 13.4. The van der Waals surface area contributed by atoms with Crippen LogP contribution < -0.4 is 4.74 Å². The minimum atomic E-state index is -1.55. The molecule has 0 spiro atoms. The van der Waals surface area contributed by atoms with Crippen LogP contribution in [0.3, 0.4) is 0 Å². The van der Waals surface area contributed by atoms with Crippen LogP contribution in [-0.2, 0) is 28.0 Å². The fraction of sp³-hybridized carbons (Fsp3) is 0.581. The van der Waals surface area contributed by atoms with Gasteiger partial charge in [0.2, 0.25) is 0 Å². The summed E-state index contributed by atoms with van der Waals surface area (Å²) >= 11 is 0. The Bertz CT molecular complexity index is 1030. The molecule has 3 atom stereocenters. The largest absolute Gasteiger partial charge is 0.493 e. The number of fused-ring (bicyclic) bond motifs is 1. The van der Waals surface area contributed by atoms with E-state index in [4.69, 9.17) is 9.47 Å². The van der Waals surface area contributed by atoms with Crippen LogP contribution in [0.5, 0.6) is 5.75 Å². The number of esters is 1. The number of aliphatic hydroxyl groups is 1. The zero-order valence-corrected chi connectivity index (χ0v) is 21.8. The van der Waals surface area contributed by atoms with Crippen molar-refractivity contribution in [1.82, 2.24) is 0 Å². The van der Waals surface area contributed by atoms with Crippen molar-refractivity contribution in [2.24, 2.45) is 5.92 Å². The van der Waals surface area contributed by atoms with Crippen molar-refractivity contribution in [1.29, 1.82) is 0 Å². The average Bonchev–Trinajstić information content (AvgIpc) is 3.57. The van der Waals surface area contributed by atoms with Crippen LogP contribution in [0.15, 0.2) is 48.5 Å². The molecule has 5 rings (SSSR count). The second-order valence-electron chi connectivity index (χ2n) is 11.5. The lowest BCUT2D eigenvalue weighted by Gasteiger charge is -2.33. The monoisotopic (exact) mass is 492 g/mol. The second kappa shape index (κ2) is 10.9. The summed E-state index contributed by atoms with van der Waals surface area (Å²) in [5.74, 6) is 0.448. The number of rotatable bonds is 9. The van der Waals surface area contributed by atoms with Crippen LogP contribution >= 0.6 is 0 Å². The number of quaternary nitrogens is 1. The van der Waals surface area contributed by atoms with Crippen molar-refractivity contribution in [2.75, 3.05) is 33.3 Å². The van der Waals surface area contributed by atoms with Crippen molar-refractivity contribution in [2.45, 2.75) is 75.9 Å². The van der Waals surface area contributed by atoms with Crippen LogP contribution in [-0.4, -0.2) is 55.0 Å². The lowest BCUT2D eigenvalue weighted by atomic mass is 9.80. The van der Waals surface area contributed by atoms with Gasteiger partial charge in [-0.15, -0.1) is 0 Å². The molecule has 5 nitrogen and oxygen atoms in total. The fourth-order valence-corrected chi connectivity index (χ4v) is 6.66. The Morgan fingerprint density at radius 1 is 1.00 bits per heavy atom. The fourth-order valence-electron chi connectivity index (χ4n) is 6.66. The topological polar surface area (TPSA) is 55.8 Å². The Morgan fingerprint density at radius 3 is 2.53 bits per heavy atom. The summed E-state index contributed by atoms with van der Waals surface area (Å²) in [6.07, 6.45) is 10.4. The maximum Gasteiger partial charge on any atom is 0.343 e. The first-order chi connectivity index (χ1) is 17.5. The van der Waals surface area contributed by atoms with Crippen LogP contribution in [0.4, 0.5) is 0 Å². The van der Waals surface area contributed by atoms with Crippen molar-refractivity contribution in [3.8, 4) is 5.75 Å². The maximum atomic E-state index is 13.4. The summed E-state index contributed by atoms with van der Waals surface area (Å²) in [4.78, 5) is 13.4. The SMILES string of the molecule is C[N@+]1(CCCOc2ccc3c(c2)CCCC3)CCC(OC(=O)[C@](O)(c2ccccc2)C2CCCC2)C1. The molecular weight excluding hydrogens is 450 g/mol. The zero-order valence-electron chi connectivity index (χ0n) is 21.8. The molecule has 0 amide bonds. The van der Waals surface area contributed by atoms with E-state index in [0.717, 1.165) is 68.4 Å². The van der Waals surface area contributed by atoms with Gasteiger partial charge in [0.1, 0.15) is 12.3 Å². The summed E-state index contributed by atoms with van der Waals surface area (Å²) in [5, 5.41) is 11.7. The smallest absolute Gasteiger partial charge is 0.343 e. The Balaban J connectivity index is 1.13. The number of nitrogens with zero attached hydrogens (tertiary/aromatic N) is 1. The normalized spacial score (nSPS) is 25.8. The quantitative estimate of drug-likeness (QED) is 0.298. The number of aryl methyl sites for hydroxylation is 2. The standard InChI is InChI=1S/C31H42NO4/c1-32(19-9-21-35-28-17-16-24-10-5-6-11-25(24)22-28)20-18-29(23-32)36-30(33)31(34,27-14-7-8-15-27)26-12-3-2-4-13-26/h2-4,12-13,16-17,22,27,29,34H,5-11,14-15,18-21,23H2,1H3/q+1/t29?,31-,32-/m0/s1. The second-order valence-corrected chi connectivity index (χ2v) is 11.5. The third-order valence-electron chi connectivity index (χ3n) is 8.81. The number of hydrogen-bond donors (Lipinski definition) is 1. The molecule has 1 N–H and O–H groups in total. The van der Waals surface area contributed by atoms with E-state index in [1.807, 2.05) is 30.3 Å². The third-order valence-corrected chi connectivity index (χ3v) is 8.81. The van der Waals surface area contributed by atoms with Gasteiger partial charge in [-0.05, 0) is 67.3 Å². The predicted octanol–water partition coefficient (Wildman–Crippen LogP) is 5.17. The van der Waals surface area contributed by atoms with Gasteiger partial charge in [-0.2, -0.15) is 0 Å². The van der Waals surface area contributed by atoms with Gasteiger partial charge in [0, 0.05) is 18.8 Å². The molecule has 1 saturated heterocycles. The Hall–Kier alpha value is -2.37. The average molecular weight is 493 g/mol. The van der Waals surface area contributed by atoms with Gasteiger partial charge in [-0.25, -0.2) is 4.79 Å². The van der Waals surface area contributed by atoms with Gasteiger partial charge in [0.25, 0.3) is 0 Å². The van der Waals surface area contributed by atoms with E-state index >= 15 is 0 Å². The lowest BCUT2D eigenvalue weighted by Crippen LogP contribution is -2.47. The number of likely N-dealkylation sites (N-methyl/N-ethyl adjacent to an activating group) is 1. The summed E-state index contributed by atoms with van der Waals surface area (Å²) in [5.41, 5.74) is 2.05. The van der Waals surface area contributed by atoms with Gasteiger partial charge in [0.15, 0.2) is 11.7 Å². The van der Waals surface area contributed by atoms with E-state index in [2.05, 4.69) is 25.2 Å². The molecule has 3 aliphatic rings.